The quantitative estimate of drug-likeness (QED) is 0.854. The average molecular weight is 290 g/mol. The summed E-state index contributed by atoms with van der Waals surface area (Å²) in [5, 5.41) is 9.10. The average Bonchev–Trinajstić information content (AvgIpc) is 2.45. The van der Waals surface area contributed by atoms with Crippen LogP contribution in [0.2, 0.25) is 0 Å². The molecular weight excluding hydrogens is 268 g/mol. The Morgan fingerprint density at radius 3 is 2.43 bits per heavy atom. The molecule has 0 saturated heterocycles. The van der Waals surface area contributed by atoms with Gasteiger partial charge in [0.05, 0.1) is 13.2 Å². The van der Waals surface area contributed by atoms with Crippen LogP contribution in [0.4, 0.5) is 0 Å². The molecule has 0 bridgehead atoms. The molecule has 0 heterocycles. The lowest BCUT2D eigenvalue weighted by Crippen LogP contribution is -2.49. The summed E-state index contributed by atoms with van der Waals surface area (Å²) >= 11 is 0. The summed E-state index contributed by atoms with van der Waals surface area (Å²) in [4.78, 5) is 27.7. The molecule has 1 saturated carbocycles. The minimum Gasteiger partial charge on any atom is -0.395 e. The van der Waals surface area contributed by atoms with E-state index in [0.717, 1.165) is 19.3 Å². The Morgan fingerprint density at radius 1 is 1.24 bits per heavy atom. The van der Waals surface area contributed by atoms with Crippen molar-refractivity contribution in [3.8, 4) is 0 Å². The van der Waals surface area contributed by atoms with Gasteiger partial charge in [-0.05, 0) is 31.4 Å². The van der Waals surface area contributed by atoms with Crippen molar-refractivity contribution in [2.45, 2.75) is 25.3 Å². The van der Waals surface area contributed by atoms with Crippen molar-refractivity contribution in [3.05, 3.63) is 35.9 Å². The molecule has 1 fully saturated rings. The number of amides is 2. The molecule has 5 heteroatoms. The third-order valence-electron chi connectivity index (χ3n) is 3.92. The molecule has 114 valence electrons. The van der Waals surface area contributed by atoms with Crippen LogP contribution in [0, 0.1) is 0 Å². The van der Waals surface area contributed by atoms with Crippen molar-refractivity contribution >= 4 is 11.8 Å². The van der Waals surface area contributed by atoms with Gasteiger partial charge >= 0.3 is 0 Å². The Kier molecular flexibility index (Phi) is 5.33. The first-order valence-electron chi connectivity index (χ1n) is 7.34. The first-order chi connectivity index (χ1) is 10.1. The van der Waals surface area contributed by atoms with Gasteiger partial charge in [-0.15, -0.1) is 0 Å². The fraction of sp³-hybridized carbons (Fsp3) is 0.500. The predicted molar refractivity (Wildman–Crippen MR) is 79.8 cm³/mol. The summed E-state index contributed by atoms with van der Waals surface area (Å²) in [6.45, 7) is 0.347. The molecule has 0 aliphatic heterocycles. The van der Waals surface area contributed by atoms with Crippen LogP contribution in [0.15, 0.2) is 30.3 Å². The van der Waals surface area contributed by atoms with Crippen molar-refractivity contribution in [2.75, 3.05) is 26.7 Å². The molecule has 1 aliphatic carbocycles. The smallest absolute Gasteiger partial charge is 0.254 e. The van der Waals surface area contributed by atoms with Crippen molar-refractivity contribution in [3.63, 3.8) is 0 Å². The molecule has 1 aliphatic rings. The van der Waals surface area contributed by atoms with Gasteiger partial charge in [-0.1, -0.05) is 18.2 Å². The van der Waals surface area contributed by atoms with E-state index in [1.165, 1.54) is 4.90 Å². The number of carbonyl (C=O) groups is 2. The van der Waals surface area contributed by atoms with Crippen molar-refractivity contribution < 1.29 is 14.7 Å². The maximum absolute atomic E-state index is 12.3. The van der Waals surface area contributed by atoms with E-state index in [9.17, 15) is 9.59 Å². The summed E-state index contributed by atoms with van der Waals surface area (Å²) in [7, 11) is 1.63. The molecular formula is C16H22N2O3. The highest BCUT2D eigenvalue weighted by atomic mass is 16.3. The van der Waals surface area contributed by atoms with Gasteiger partial charge in [0, 0.05) is 25.2 Å². The molecule has 1 N–H and O–H groups in total. The van der Waals surface area contributed by atoms with Crippen LogP contribution >= 0.6 is 0 Å². The van der Waals surface area contributed by atoms with Crippen molar-refractivity contribution in [1.82, 2.24) is 9.80 Å². The van der Waals surface area contributed by atoms with Crippen LogP contribution in [-0.2, 0) is 4.79 Å². The van der Waals surface area contributed by atoms with Crippen LogP contribution in [0.25, 0.3) is 0 Å². The number of aliphatic hydroxyl groups excluding tert-OH is 1. The minimum atomic E-state index is -0.165. The van der Waals surface area contributed by atoms with Crippen LogP contribution < -0.4 is 0 Å². The normalized spacial score (nSPS) is 14.4. The van der Waals surface area contributed by atoms with Crippen LogP contribution in [0.5, 0.6) is 0 Å². The van der Waals surface area contributed by atoms with Gasteiger partial charge < -0.3 is 14.9 Å². The van der Waals surface area contributed by atoms with Gasteiger partial charge in [0.1, 0.15) is 0 Å². The van der Waals surface area contributed by atoms with Crippen LogP contribution in [-0.4, -0.2) is 59.5 Å². The number of aliphatic hydroxyl groups is 1. The molecule has 1 aromatic rings. The van der Waals surface area contributed by atoms with Crippen molar-refractivity contribution in [2.24, 2.45) is 0 Å². The number of nitrogens with zero attached hydrogens (tertiary/aromatic N) is 2. The van der Waals surface area contributed by atoms with Gasteiger partial charge in [0.15, 0.2) is 0 Å². The number of carbonyl (C=O) groups excluding carboxylic acids is 2. The van der Waals surface area contributed by atoms with Crippen LogP contribution in [0.1, 0.15) is 29.6 Å². The number of hydrogen-bond donors (Lipinski definition) is 1. The highest BCUT2D eigenvalue weighted by molar-refractivity contribution is 5.96. The molecule has 0 atom stereocenters. The maximum Gasteiger partial charge on any atom is 0.254 e. The topological polar surface area (TPSA) is 60.9 Å². The SMILES string of the molecule is CN(CC(=O)N(CCO)C1CCC1)C(=O)c1ccccc1. The van der Waals surface area contributed by atoms with Gasteiger partial charge in [-0.3, -0.25) is 9.59 Å². The molecule has 21 heavy (non-hydrogen) atoms. The highest BCUT2D eigenvalue weighted by Gasteiger charge is 2.29. The lowest BCUT2D eigenvalue weighted by atomic mass is 9.91. The summed E-state index contributed by atoms with van der Waals surface area (Å²) in [6, 6.07) is 9.15. The third kappa shape index (κ3) is 3.82. The first kappa shape index (κ1) is 15.5. The Labute approximate surface area is 125 Å². The van der Waals surface area contributed by atoms with Gasteiger partial charge in [-0.2, -0.15) is 0 Å². The summed E-state index contributed by atoms with van der Waals surface area (Å²) in [6.07, 6.45) is 3.10. The Bertz CT molecular complexity index is 486. The Hall–Kier alpha value is -1.88. The molecule has 0 radical (unpaired) electrons. The second-order valence-electron chi connectivity index (χ2n) is 5.42. The van der Waals surface area contributed by atoms with Gasteiger partial charge in [0.25, 0.3) is 5.91 Å². The highest BCUT2D eigenvalue weighted by Crippen LogP contribution is 2.24. The van der Waals surface area contributed by atoms with Crippen molar-refractivity contribution in [1.29, 1.82) is 0 Å². The predicted octanol–water partition coefficient (Wildman–Crippen LogP) is 1.13. The Balaban J connectivity index is 1.95. The van der Waals surface area contributed by atoms with E-state index in [2.05, 4.69) is 0 Å². The third-order valence-corrected chi connectivity index (χ3v) is 3.92. The van der Waals surface area contributed by atoms with Gasteiger partial charge in [0.2, 0.25) is 5.91 Å². The zero-order valence-electron chi connectivity index (χ0n) is 12.4. The second-order valence-corrected chi connectivity index (χ2v) is 5.42. The summed E-state index contributed by atoms with van der Waals surface area (Å²) < 4.78 is 0. The molecule has 0 aromatic heterocycles. The zero-order valence-corrected chi connectivity index (χ0v) is 12.4. The molecule has 2 rings (SSSR count). The monoisotopic (exact) mass is 290 g/mol. The van der Waals surface area contributed by atoms with E-state index >= 15 is 0 Å². The number of hydrogen-bond acceptors (Lipinski definition) is 3. The summed E-state index contributed by atoms with van der Waals surface area (Å²) in [5.41, 5.74) is 0.574. The molecule has 0 spiro atoms. The van der Waals surface area contributed by atoms with E-state index < -0.39 is 0 Å². The van der Waals surface area contributed by atoms with E-state index in [1.807, 2.05) is 6.07 Å². The Morgan fingerprint density at radius 2 is 1.90 bits per heavy atom. The molecule has 5 nitrogen and oxygen atoms in total. The second kappa shape index (κ2) is 7.22. The van der Waals surface area contributed by atoms with E-state index in [1.54, 1.807) is 36.2 Å². The molecule has 2 amide bonds. The fourth-order valence-electron chi connectivity index (χ4n) is 2.48. The lowest BCUT2D eigenvalue weighted by Gasteiger charge is -2.38. The molecule has 0 unspecified atom stereocenters. The molecule has 1 aromatic carbocycles. The maximum atomic E-state index is 12.3. The standard InChI is InChI=1S/C16H22N2O3/c1-17(16(21)13-6-3-2-4-7-13)12-15(20)18(10-11-19)14-8-5-9-14/h2-4,6-7,14,19H,5,8-12H2,1H3. The van der Waals surface area contributed by atoms with E-state index in [4.69, 9.17) is 5.11 Å². The number of rotatable bonds is 6. The van der Waals surface area contributed by atoms with E-state index in [-0.39, 0.29) is 31.0 Å². The number of likely N-dealkylation sites (N-methyl/N-ethyl adjacent to an activating group) is 1. The minimum absolute atomic E-state index is 0.0431. The van der Waals surface area contributed by atoms with Gasteiger partial charge in [-0.25, -0.2) is 0 Å². The summed E-state index contributed by atoms with van der Waals surface area (Å²) in [5.74, 6) is -0.262. The van der Waals surface area contributed by atoms with Crippen LogP contribution in [0.3, 0.4) is 0 Å². The lowest BCUT2D eigenvalue weighted by molar-refractivity contribution is -0.136. The largest absolute Gasteiger partial charge is 0.395 e. The fourth-order valence-corrected chi connectivity index (χ4v) is 2.48. The zero-order chi connectivity index (χ0) is 15.2. The number of benzene rings is 1. The van der Waals surface area contributed by atoms with E-state index in [0.29, 0.717) is 12.1 Å². The first-order valence-corrected chi connectivity index (χ1v) is 7.34.